The Morgan fingerprint density at radius 1 is 1.20 bits per heavy atom. The molecule has 2 heterocycles. The third kappa shape index (κ3) is 1.85. The highest BCUT2D eigenvalue weighted by molar-refractivity contribution is 5.80. The predicted molar refractivity (Wildman–Crippen MR) is 76.1 cm³/mol. The van der Waals surface area contributed by atoms with Crippen molar-refractivity contribution in [1.82, 2.24) is 9.97 Å². The summed E-state index contributed by atoms with van der Waals surface area (Å²) in [5.74, 6) is 2.61. The fourth-order valence-corrected chi connectivity index (χ4v) is 3.17. The third-order valence-electron chi connectivity index (χ3n) is 4.58. The molecule has 1 saturated carbocycles. The first-order chi connectivity index (χ1) is 9.78. The minimum absolute atomic E-state index is 0.264. The van der Waals surface area contributed by atoms with E-state index in [4.69, 9.17) is 15.2 Å². The largest absolute Gasteiger partial charge is 0.486 e. The molecule has 2 aromatic rings. The Morgan fingerprint density at radius 3 is 2.60 bits per heavy atom. The van der Waals surface area contributed by atoms with Gasteiger partial charge in [-0.05, 0) is 24.8 Å². The van der Waals surface area contributed by atoms with Gasteiger partial charge in [-0.3, -0.25) is 0 Å². The smallest absolute Gasteiger partial charge is 0.163 e. The number of fused-ring (bicyclic) bond motifs is 2. The minimum Gasteiger partial charge on any atom is -0.486 e. The Balaban J connectivity index is 1.68. The number of hydrogen-bond acceptors (Lipinski definition) is 4. The number of benzene rings is 1. The summed E-state index contributed by atoms with van der Waals surface area (Å²) in [7, 11) is 0. The SMILES string of the molecule is NCC1(Cc2nc3cc4c(cc3[nH]2)OCCO4)CCC1. The third-order valence-corrected chi connectivity index (χ3v) is 4.58. The van der Waals surface area contributed by atoms with Gasteiger partial charge in [0.25, 0.3) is 0 Å². The highest BCUT2D eigenvalue weighted by Crippen LogP contribution is 2.42. The van der Waals surface area contributed by atoms with Gasteiger partial charge in [0.05, 0.1) is 11.0 Å². The van der Waals surface area contributed by atoms with Gasteiger partial charge in [0.2, 0.25) is 0 Å². The molecule has 3 N–H and O–H groups in total. The average molecular weight is 273 g/mol. The number of nitrogens with two attached hydrogens (primary N) is 1. The van der Waals surface area contributed by atoms with Crippen LogP contribution in [0.4, 0.5) is 0 Å². The predicted octanol–water partition coefficient (Wildman–Crippen LogP) is 2.01. The molecule has 0 atom stereocenters. The van der Waals surface area contributed by atoms with E-state index in [1.54, 1.807) is 0 Å². The lowest BCUT2D eigenvalue weighted by atomic mass is 9.66. The summed E-state index contributed by atoms with van der Waals surface area (Å²) in [6.45, 7) is 1.95. The summed E-state index contributed by atoms with van der Waals surface area (Å²) in [5, 5.41) is 0. The lowest BCUT2D eigenvalue weighted by Crippen LogP contribution is -2.39. The van der Waals surface area contributed by atoms with Crippen LogP contribution in [-0.2, 0) is 6.42 Å². The number of imidazole rings is 1. The second-order valence-electron chi connectivity index (χ2n) is 5.93. The summed E-state index contributed by atoms with van der Waals surface area (Å²) < 4.78 is 11.2. The first-order valence-corrected chi connectivity index (χ1v) is 7.26. The molecule has 1 aromatic carbocycles. The van der Waals surface area contributed by atoms with Crippen LogP contribution in [0, 0.1) is 5.41 Å². The molecule has 0 saturated heterocycles. The number of ether oxygens (including phenoxy) is 2. The second-order valence-corrected chi connectivity index (χ2v) is 5.93. The molecular formula is C15H19N3O2. The summed E-state index contributed by atoms with van der Waals surface area (Å²) in [6, 6.07) is 3.94. The minimum atomic E-state index is 0.264. The van der Waals surface area contributed by atoms with Crippen LogP contribution in [0.25, 0.3) is 11.0 Å². The molecule has 1 aliphatic heterocycles. The van der Waals surface area contributed by atoms with Crippen molar-refractivity contribution in [3.63, 3.8) is 0 Å². The molecule has 0 bridgehead atoms. The van der Waals surface area contributed by atoms with Crippen LogP contribution in [0.2, 0.25) is 0 Å². The molecule has 0 unspecified atom stereocenters. The van der Waals surface area contributed by atoms with Crippen molar-refractivity contribution in [2.45, 2.75) is 25.7 Å². The van der Waals surface area contributed by atoms with Crippen LogP contribution in [0.5, 0.6) is 11.5 Å². The van der Waals surface area contributed by atoms with E-state index in [1.807, 2.05) is 12.1 Å². The van der Waals surface area contributed by atoms with Crippen LogP contribution in [0.3, 0.4) is 0 Å². The Kier molecular flexibility index (Phi) is 2.63. The van der Waals surface area contributed by atoms with Crippen LogP contribution in [0.15, 0.2) is 12.1 Å². The Labute approximate surface area is 117 Å². The van der Waals surface area contributed by atoms with Gasteiger partial charge in [-0.25, -0.2) is 4.98 Å². The standard InChI is InChI=1S/C15H19N3O2/c16-9-15(2-1-3-15)8-14-17-10-6-12-13(7-11(10)18-14)20-5-4-19-12/h6-7H,1-5,8-9,16H2,(H,17,18). The van der Waals surface area contributed by atoms with Crippen molar-refractivity contribution in [3.8, 4) is 11.5 Å². The molecule has 2 aliphatic rings. The lowest BCUT2D eigenvalue weighted by molar-refractivity contribution is 0.142. The fourth-order valence-electron chi connectivity index (χ4n) is 3.17. The van der Waals surface area contributed by atoms with Gasteiger partial charge in [-0.15, -0.1) is 0 Å². The van der Waals surface area contributed by atoms with E-state index in [2.05, 4.69) is 9.97 Å². The zero-order valence-corrected chi connectivity index (χ0v) is 11.4. The van der Waals surface area contributed by atoms with Crippen LogP contribution >= 0.6 is 0 Å². The maximum absolute atomic E-state index is 5.93. The van der Waals surface area contributed by atoms with Crippen molar-refractivity contribution >= 4 is 11.0 Å². The summed E-state index contributed by atoms with van der Waals surface area (Å²) in [4.78, 5) is 8.09. The van der Waals surface area contributed by atoms with Crippen molar-refractivity contribution < 1.29 is 9.47 Å². The molecular weight excluding hydrogens is 254 g/mol. The van der Waals surface area contributed by atoms with Crippen molar-refractivity contribution in [3.05, 3.63) is 18.0 Å². The monoisotopic (exact) mass is 273 g/mol. The molecule has 0 radical (unpaired) electrons. The Bertz CT molecular complexity index is 597. The number of nitrogens with one attached hydrogen (secondary N) is 1. The van der Waals surface area contributed by atoms with Crippen molar-refractivity contribution in [2.75, 3.05) is 19.8 Å². The number of H-pyrrole nitrogens is 1. The molecule has 4 rings (SSSR count). The molecule has 1 fully saturated rings. The van der Waals surface area contributed by atoms with Gasteiger partial charge in [0.1, 0.15) is 19.0 Å². The quantitative estimate of drug-likeness (QED) is 0.897. The first-order valence-electron chi connectivity index (χ1n) is 7.26. The number of aromatic nitrogens is 2. The van der Waals surface area contributed by atoms with Crippen molar-refractivity contribution in [1.29, 1.82) is 0 Å². The van der Waals surface area contributed by atoms with E-state index in [0.717, 1.165) is 41.3 Å². The molecule has 5 nitrogen and oxygen atoms in total. The molecule has 1 aromatic heterocycles. The number of aromatic amines is 1. The highest BCUT2D eigenvalue weighted by Gasteiger charge is 2.36. The van der Waals surface area contributed by atoms with Crippen LogP contribution in [0.1, 0.15) is 25.1 Å². The molecule has 5 heteroatoms. The number of rotatable bonds is 3. The maximum Gasteiger partial charge on any atom is 0.163 e. The Hall–Kier alpha value is -1.75. The molecule has 0 spiro atoms. The Morgan fingerprint density at radius 2 is 1.95 bits per heavy atom. The maximum atomic E-state index is 5.93. The molecule has 1 aliphatic carbocycles. The zero-order valence-electron chi connectivity index (χ0n) is 11.4. The van der Waals surface area contributed by atoms with E-state index in [0.29, 0.717) is 13.2 Å². The normalized spacial score (nSPS) is 19.9. The first kappa shape index (κ1) is 12.0. The summed E-state index contributed by atoms with van der Waals surface area (Å²) in [6.07, 6.45) is 4.64. The van der Waals surface area contributed by atoms with Gasteiger partial charge in [-0.2, -0.15) is 0 Å². The number of hydrogen-bond donors (Lipinski definition) is 2. The number of nitrogens with zero attached hydrogens (tertiary/aromatic N) is 1. The van der Waals surface area contributed by atoms with Gasteiger partial charge in [0.15, 0.2) is 11.5 Å². The van der Waals surface area contributed by atoms with Gasteiger partial charge >= 0.3 is 0 Å². The van der Waals surface area contributed by atoms with Gasteiger partial charge < -0.3 is 20.2 Å². The topological polar surface area (TPSA) is 73.2 Å². The van der Waals surface area contributed by atoms with Gasteiger partial charge in [0, 0.05) is 18.6 Å². The molecule has 20 heavy (non-hydrogen) atoms. The molecule has 106 valence electrons. The van der Waals surface area contributed by atoms with Crippen LogP contribution in [-0.4, -0.2) is 29.7 Å². The van der Waals surface area contributed by atoms with Crippen LogP contribution < -0.4 is 15.2 Å². The highest BCUT2D eigenvalue weighted by atomic mass is 16.6. The van der Waals surface area contributed by atoms with E-state index in [9.17, 15) is 0 Å². The molecule has 0 amide bonds. The lowest BCUT2D eigenvalue weighted by Gasteiger charge is -2.40. The van der Waals surface area contributed by atoms with E-state index < -0.39 is 0 Å². The van der Waals surface area contributed by atoms with Gasteiger partial charge in [-0.1, -0.05) is 6.42 Å². The second kappa shape index (κ2) is 4.38. The fraction of sp³-hybridized carbons (Fsp3) is 0.533. The summed E-state index contributed by atoms with van der Waals surface area (Å²) in [5.41, 5.74) is 8.14. The van der Waals surface area contributed by atoms with E-state index >= 15 is 0 Å². The zero-order chi connectivity index (χ0) is 13.6. The summed E-state index contributed by atoms with van der Waals surface area (Å²) >= 11 is 0. The average Bonchev–Trinajstić information content (AvgIpc) is 2.81. The van der Waals surface area contributed by atoms with Crippen molar-refractivity contribution in [2.24, 2.45) is 11.1 Å². The van der Waals surface area contributed by atoms with E-state index in [1.165, 1.54) is 19.3 Å². The van der Waals surface area contributed by atoms with E-state index in [-0.39, 0.29) is 5.41 Å².